The van der Waals surface area contributed by atoms with Crippen molar-refractivity contribution in [2.24, 2.45) is 0 Å². The zero-order valence-electron chi connectivity index (χ0n) is 11.5. The van der Waals surface area contributed by atoms with Gasteiger partial charge in [-0.15, -0.1) is 0 Å². The molecule has 2 aromatic rings. The molecule has 106 valence electrons. The predicted molar refractivity (Wildman–Crippen MR) is 78.7 cm³/mol. The molecule has 1 aromatic carbocycles. The molecule has 0 bridgehead atoms. The zero-order chi connectivity index (χ0) is 13.9. The van der Waals surface area contributed by atoms with Gasteiger partial charge in [-0.3, -0.25) is 15.0 Å². The van der Waals surface area contributed by atoms with E-state index in [1.165, 1.54) is 25.7 Å². The van der Waals surface area contributed by atoms with Crippen molar-refractivity contribution in [1.29, 1.82) is 0 Å². The van der Waals surface area contributed by atoms with Crippen molar-refractivity contribution in [3.8, 4) is 0 Å². The van der Waals surface area contributed by atoms with E-state index in [1.807, 2.05) is 6.20 Å². The molecule has 5 heteroatoms. The van der Waals surface area contributed by atoms with Gasteiger partial charge in [0.1, 0.15) is 0 Å². The fourth-order valence-corrected chi connectivity index (χ4v) is 2.95. The van der Waals surface area contributed by atoms with Gasteiger partial charge in [0.05, 0.1) is 4.92 Å². The molecule has 1 aromatic heterocycles. The van der Waals surface area contributed by atoms with Crippen LogP contribution in [0.2, 0.25) is 0 Å². The van der Waals surface area contributed by atoms with Crippen LogP contribution >= 0.6 is 0 Å². The van der Waals surface area contributed by atoms with E-state index in [2.05, 4.69) is 9.88 Å². The third kappa shape index (κ3) is 2.67. The molecule has 0 saturated carbocycles. The molecule has 0 atom stereocenters. The molecule has 1 N–H and O–H groups in total. The molecule has 5 nitrogen and oxygen atoms in total. The number of benzene rings is 1. The lowest BCUT2D eigenvalue weighted by Crippen LogP contribution is -2.23. The minimum absolute atomic E-state index is 0.161. The summed E-state index contributed by atoms with van der Waals surface area (Å²) in [5.74, 6) is 0. The van der Waals surface area contributed by atoms with Gasteiger partial charge in [0.15, 0.2) is 0 Å². The van der Waals surface area contributed by atoms with Crippen molar-refractivity contribution in [3.05, 3.63) is 40.1 Å². The zero-order valence-corrected chi connectivity index (χ0v) is 11.5. The quantitative estimate of drug-likeness (QED) is 0.688. The van der Waals surface area contributed by atoms with Crippen LogP contribution < -0.4 is 0 Å². The Labute approximate surface area is 117 Å². The van der Waals surface area contributed by atoms with Gasteiger partial charge in [-0.2, -0.15) is 0 Å². The highest BCUT2D eigenvalue weighted by atomic mass is 16.6. The second-order valence-corrected chi connectivity index (χ2v) is 5.49. The minimum atomic E-state index is -0.331. The van der Waals surface area contributed by atoms with Crippen molar-refractivity contribution in [3.63, 3.8) is 0 Å². The maximum absolute atomic E-state index is 10.9. The van der Waals surface area contributed by atoms with Crippen LogP contribution in [0.15, 0.2) is 24.4 Å². The van der Waals surface area contributed by atoms with Gasteiger partial charge >= 0.3 is 0 Å². The molecule has 1 aliphatic heterocycles. The Kier molecular flexibility index (Phi) is 3.69. The van der Waals surface area contributed by atoms with Gasteiger partial charge < -0.3 is 4.98 Å². The van der Waals surface area contributed by atoms with Crippen molar-refractivity contribution in [1.82, 2.24) is 9.88 Å². The average molecular weight is 273 g/mol. The Morgan fingerprint density at radius 3 is 2.65 bits per heavy atom. The molecule has 0 amide bonds. The highest BCUT2D eigenvalue weighted by molar-refractivity contribution is 5.85. The second-order valence-electron chi connectivity index (χ2n) is 5.49. The summed E-state index contributed by atoms with van der Waals surface area (Å²) in [6, 6.07) is 5.02. The summed E-state index contributed by atoms with van der Waals surface area (Å²) in [7, 11) is 0. The van der Waals surface area contributed by atoms with E-state index in [9.17, 15) is 10.1 Å². The molecule has 0 unspecified atom stereocenters. The summed E-state index contributed by atoms with van der Waals surface area (Å²) in [6.45, 7) is 3.13. The molecule has 1 aliphatic rings. The number of aromatic amines is 1. The van der Waals surface area contributed by atoms with Crippen molar-refractivity contribution in [2.75, 3.05) is 13.1 Å². The topological polar surface area (TPSA) is 62.2 Å². The molecular weight excluding hydrogens is 254 g/mol. The summed E-state index contributed by atoms with van der Waals surface area (Å²) in [5, 5.41) is 11.9. The highest BCUT2D eigenvalue weighted by Crippen LogP contribution is 2.25. The number of fused-ring (bicyclic) bond motifs is 1. The monoisotopic (exact) mass is 273 g/mol. The fourth-order valence-electron chi connectivity index (χ4n) is 2.95. The molecule has 3 rings (SSSR count). The number of non-ortho nitro benzene ring substituents is 1. The maximum atomic E-state index is 10.9. The number of hydrogen-bond donors (Lipinski definition) is 1. The lowest BCUT2D eigenvalue weighted by atomic mass is 10.1. The number of nitrogens with one attached hydrogen (secondary N) is 1. The Hall–Kier alpha value is -1.88. The van der Waals surface area contributed by atoms with E-state index in [0.29, 0.717) is 0 Å². The number of hydrogen-bond acceptors (Lipinski definition) is 3. The van der Waals surface area contributed by atoms with Gasteiger partial charge in [0, 0.05) is 35.8 Å². The van der Waals surface area contributed by atoms with E-state index >= 15 is 0 Å². The van der Waals surface area contributed by atoms with Crippen LogP contribution in [0.4, 0.5) is 5.69 Å². The number of nitro benzene ring substituents is 1. The standard InChI is InChI=1S/C15H19N3O2/c19-18(20)13-5-6-15-14(9-13)12(10-16-15)11-17-7-3-1-2-4-8-17/h5-6,9-10,16H,1-4,7-8,11H2. The first-order valence-electron chi connectivity index (χ1n) is 7.21. The van der Waals surface area contributed by atoms with Crippen LogP contribution in [0.1, 0.15) is 31.2 Å². The molecule has 0 spiro atoms. The predicted octanol–water partition coefficient (Wildman–Crippen LogP) is 3.45. The molecule has 1 saturated heterocycles. The lowest BCUT2D eigenvalue weighted by molar-refractivity contribution is -0.384. The fraction of sp³-hybridized carbons (Fsp3) is 0.467. The van der Waals surface area contributed by atoms with Gasteiger partial charge in [-0.25, -0.2) is 0 Å². The summed E-state index contributed by atoms with van der Waals surface area (Å²) >= 11 is 0. The number of rotatable bonds is 3. The van der Waals surface area contributed by atoms with Gasteiger partial charge in [-0.1, -0.05) is 12.8 Å². The Morgan fingerprint density at radius 1 is 1.20 bits per heavy atom. The van der Waals surface area contributed by atoms with Gasteiger partial charge in [-0.05, 0) is 37.6 Å². The number of nitrogens with zero attached hydrogens (tertiary/aromatic N) is 2. The molecule has 2 heterocycles. The summed E-state index contributed by atoms with van der Waals surface area (Å²) in [5.41, 5.74) is 2.29. The SMILES string of the molecule is O=[N+]([O-])c1ccc2[nH]cc(CN3CCCCCC3)c2c1. The van der Waals surface area contributed by atoms with Crippen molar-refractivity contribution in [2.45, 2.75) is 32.2 Å². The van der Waals surface area contributed by atoms with Crippen LogP contribution in [0, 0.1) is 10.1 Å². The summed E-state index contributed by atoms with van der Waals surface area (Å²) < 4.78 is 0. The third-order valence-corrected chi connectivity index (χ3v) is 4.05. The largest absolute Gasteiger partial charge is 0.361 e. The van der Waals surface area contributed by atoms with Gasteiger partial charge in [0.2, 0.25) is 0 Å². The lowest BCUT2D eigenvalue weighted by Gasteiger charge is -2.19. The minimum Gasteiger partial charge on any atom is -0.361 e. The normalized spacial score (nSPS) is 17.2. The molecule has 20 heavy (non-hydrogen) atoms. The van der Waals surface area contributed by atoms with Gasteiger partial charge in [0.25, 0.3) is 5.69 Å². The number of nitro groups is 1. The van der Waals surface area contributed by atoms with Crippen LogP contribution in [-0.4, -0.2) is 27.9 Å². The first-order chi connectivity index (χ1) is 9.74. The summed E-state index contributed by atoms with van der Waals surface area (Å²) in [6.07, 6.45) is 7.12. The number of H-pyrrole nitrogens is 1. The van der Waals surface area contributed by atoms with Crippen LogP contribution in [0.3, 0.4) is 0 Å². The third-order valence-electron chi connectivity index (χ3n) is 4.05. The number of aromatic nitrogens is 1. The van der Waals surface area contributed by atoms with E-state index in [4.69, 9.17) is 0 Å². The molecular formula is C15H19N3O2. The van der Waals surface area contributed by atoms with E-state index in [1.54, 1.807) is 18.2 Å². The van der Waals surface area contributed by atoms with Crippen molar-refractivity contribution < 1.29 is 4.92 Å². The second kappa shape index (κ2) is 5.63. The Balaban J connectivity index is 1.86. The van der Waals surface area contributed by atoms with E-state index in [-0.39, 0.29) is 10.6 Å². The maximum Gasteiger partial charge on any atom is 0.270 e. The van der Waals surface area contributed by atoms with Crippen molar-refractivity contribution >= 4 is 16.6 Å². The molecule has 0 aliphatic carbocycles. The first-order valence-corrected chi connectivity index (χ1v) is 7.21. The highest BCUT2D eigenvalue weighted by Gasteiger charge is 2.14. The first kappa shape index (κ1) is 13.1. The van der Waals surface area contributed by atoms with Crippen LogP contribution in [0.5, 0.6) is 0 Å². The smallest absolute Gasteiger partial charge is 0.270 e. The van der Waals surface area contributed by atoms with Crippen LogP contribution in [0.25, 0.3) is 10.9 Å². The Bertz CT molecular complexity index is 613. The molecule has 0 radical (unpaired) electrons. The average Bonchev–Trinajstić information content (AvgIpc) is 2.66. The summed E-state index contributed by atoms with van der Waals surface area (Å²) in [4.78, 5) is 16.2. The van der Waals surface area contributed by atoms with Crippen LogP contribution in [-0.2, 0) is 6.54 Å². The Morgan fingerprint density at radius 2 is 1.95 bits per heavy atom. The number of likely N-dealkylation sites (tertiary alicyclic amines) is 1. The van der Waals surface area contributed by atoms with E-state index < -0.39 is 0 Å². The van der Waals surface area contributed by atoms with E-state index in [0.717, 1.165) is 36.1 Å². The molecule has 1 fully saturated rings.